The van der Waals surface area contributed by atoms with E-state index in [2.05, 4.69) is 10.2 Å². The van der Waals surface area contributed by atoms with E-state index in [-0.39, 0.29) is 0 Å². The van der Waals surface area contributed by atoms with Gasteiger partial charge in [-0.25, -0.2) is 0 Å². The Labute approximate surface area is 77.9 Å². The van der Waals surface area contributed by atoms with Gasteiger partial charge in [-0.05, 0) is 19.3 Å². The van der Waals surface area contributed by atoms with Crippen molar-refractivity contribution >= 4 is 11.5 Å². The summed E-state index contributed by atoms with van der Waals surface area (Å²) in [5.74, 6) is 1.14. The maximum atomic E-state index is 5.54. The highest BCUT2D eigenvalue weighted by Gasteiger charge is 2.21. The van der Waals surface area contributed by atoms with Crippen LogP contribution in [0.3, 0.4) is 0 Å². The molecule has 72 valence electrons. The average molecular weight is 181 g/mol. The summed E-state index contributed by atoms with van der Waals surface area (Å²) >= 11 is 0. The molecule has 4 heteroatoms. The number of hydrogen-bond acceptors (Lipinski definition) is 4. The normalized spacial score (nSPS) is 29.4. The summed E-state index contributed by atoms with van der Waals surface area (Å²) in [6, 6.07) is 0. The van der Waals surface area contributed by atoms with E-state index in [1.54, 1.807) is 0 Å². The predicted molar refractivity (Wildman–Crippen MR) is 51.8 cm³/mol. The first-order valence-corrected chi connectivity index (χ1v) is 4.83. The van der Waals surface area contributed by atoms with Crippen molar-refractivity contribution in [2.45, 2.75) is 25.7 Å². The number of nitrogens with two attached hydrogens (primary N) is 1. The minimum atomic E-state index is 0.491. The first kappa shape index (κ1) is 8.69. The number of rotatable bonds is 1. The van der Waals surface area contributed by atoms with E-state index in [1.165, 1.54) is 12.1 Å². The summed E-state index contributed by atoms with van der Waals surface area (Å²) in [4.78, 5) is 0. The van der Waals surface area contributed by atoms with Gasteiger partial charge >= 0.3 is 0 Å². The maximum Gasteiger partial charge on any atom is 0.122 e. The molecule has 4 nitrogen and oxygen atoms in total. The molecule has 2 N–H and O–H groups in total. The zero-order chi connectivity index (χ0) is 9.10. The van der Waals surface area contributed by atoms with Gasteiger partial charge in [0.15, 0.2) is 0 Å². The minimum Gasteiger partial charge on any atom is -0.386 e. The Morgan fingerprint density at radius 3 is 2.85 bits per heavy atom. The van der Waals surface area contributed by atoms with Crippen molar-refractivity contribution in [3.05, 3.63) is 0 Å². The molecule has 0 aromatic heterocycles. The van der Waals surface area contributed by atoms with Crippen LogP contribution in [0.1, 0.15) is 25.7 Å². The van der Waals surface area contributed by atoms with E-state index in [0.29, 0.717) is 11.8 Å². The lowest BCUT2D eigenvalue weighted by molar-refractivity contribution is 0.0762. The van der Waals surface area contributed by atoms with Crippen molar-refractivity contribution in [1.82, 2.24) is 0 Å². The Kier molecular flexibility index (Phi) is 2.59. The first-order valence-electron chi connectivity index (χ1n) is 4.83. The van der Waals surface area contributed by atoms with Gasteiger partial charge in [-0.2, -0.15) is 5.10 Å². The molecule has 2 rings (SSSR count). The minimum absolute atomic E-state index is 0.491. The Balaban J connectivity index is 1.99. The van der Waals surface area contributed by atoms with Crippen LogP contribution >= 0.6 is 0 Å². The fraction of sp³-hybridized carbons (Fsp3) is 0.778. The van der Waals surface area contributed by atoms with E-state index in [4.69, 9.17) is 10.5 Å². The fourth-order valence-corrected chi connectivity index (χ4v) is 1.77. The molecule has 0 amide bonds. The lowest BCUT2D eigenvalue weighted by Crippen LogP contribution is -2.28. The molecule has 1 fully saturated rings. The molecule has 1 saturated heterocycles. The Morgan fingerprint density at radius 2 is 2.23 bits per heavy atom. The molecule has 0 aromatic carbocycles. The summed E-state index contributed by atoms with van der Waals surface area (Å²) < 4.78 is 5.40. The Hall–Kier alpha value is -0.900. The Bertz CT molecular complexity index is 241. The van der Waals surface area contributed by atoms with Crippen molar-refractivity contribution in [2.24, 2.45) is 21.9 Å². The van der Waals surface area contributed by atoms with Crippen LogP contribution in [-0.2, 0) is 4.74 Å². The first-order chi connectivity index (χ1) is 6.36. The fourth-order valence-electron chi connectivity index (χ4n) is 1.77. The smallest absolute Gasteiger partial charge is 0.122 e. The van der Waals surface area contributed by atoms with Crippen LogP contribution in [-0.4, -0.2) is 24.8 Å². The second kappa shape index (κ2) is 3.87. The zero-order valence-electron chi connectivity index (χ0n) is 7.70. The van der Waals surface area contributed by atoms with Gasteiger partial charge in [0.2, 0.25) is 0 Å². The van der Waals surface area contributed by atoms with E-state index >= 15 is 0 Å². The molecule has 2 heterocycles. The quantitative estimate of drug-likeness (QED) is 0.654. The molecule has 2 aliphatic rings. The van der Waals surface area contributed by atoms with Gasteiger partial charge in [-0.15, -0.1) is 5.10 Å². The Morgan fingerprint density at radius 1 is 1.31 bits per heavy atom. The van der Waals surface area contributed by atoms with E-state index in [0.717, 1.165) is 32.5 Å². The second-order valence-electron chi connectivity index (χ2n) is 3.60. The van der Waals surface area contributed by atoms with Crippen molar-refractivity contribution in [3.63, 3.8) is 0 Å². The van der Waals surface area contributed by atoms with E-state index < -0.39 is 0 Å². The summed E-state index contributed by atoms with van der Waals surface area (Å²) in [5.41, 5.74) is 6.71. The van der Waals surface area contributed by atoms with Crippen molar-refractivity contribution in [3.8, 4) is 0 Å². The molecule has 0 aromatic rings. The van der Waals surface area contributed by atoms with Crippen LogP contribution in [0, 0.1) is 5.92 Å². The third-order valence-corrected chi connectivity index (χ3v) is 2.58. The number of nitrogens with zero attached hydrogens (tertiary/aromatic N) is 2. The second-order valence-corrected chi connectivity index (χ2v) is 3.60. The van der Waals surface area contributed by atoms with Crippen molar-refractivity contribution < 1.29 is 4.74 Å². The number of amidine groups is 1. The third-order valence-electron chi connectivity index (χ3n) is 2.58. The topological polar surface area (TPSA) is 60.0 Å². The lowest BCUT2D eigenvalue weighted by atomic mass is 9.93. The van der Waals surface area contributed by atoms with Crippen LogP contribution < -0.4 is 5.73 Å². The van der Waals surface area contributed by atoms with Crippen LogP contribution in [0.25, 0.3) is 0 Å². The summed E-state index contributed by atoms with van der Waals surface area (Å²) in [6.07, 6.45) is 4.15. The molecule has 0 aliphatic carbocycles. The van der Waals surface area contributed by atoms with Crippen molar-refractivity contribution in [2.75, 3.05) is 13.2 Å². The molecule has 0 bridgehead atoms. The summed E-state index contributed by atoms with van der Waals surface area (Å²) in [7, 11) is 0. The van der Waals surface area contributed by atoms with Crippen molar-refractivity contribution in [1.29, 1.82) is 0 Å². The molecule has 2 aliphatic heterocycles. The van der Waals surface area contributed by atoms with Crippen LogP contribution in [0.4, 0.5) is 0 Å². The average Bonchev–Trinajstić information content (AvgIpc) is 2.20. The molecule has 0 spiro atoms. The SMILES string of the molecule is NC1=NN=C(C2CCCOC2)CC1. The highest BCUT2D eigenvalue weighted by molar-refractivity contribution is 5.94. The van der Waals surface area contributed by atoms with Gasteiger partial charge in [0.25, 0.3) is 0 Å². The number of hydrogen-bond donors (Lipinski definition) is 1. The summed E-state index contributed by atoms with van der Waals surface area (Å²) in [6.45, 7) is 1.71. The van der Waals surface area contributed by atoms with Gasteiger partial charge < -0.3 is 10.5 Å². The standard InChI is InChI=1S/C9H15N3O/c10-9-4-3-8(11-12-9)7-2-1-5-13-6-7/h7H,1-6H2,(H2,10,12). The van der Waals surface area contributed by atoms with Gasteiger partial charge in [-0.3, -0.25) is 0 Å². The molecule has 0 radical (unpaired) electrons. The maximum absolute atomic E-state index is 5.54. The van der Waals surface area contributed by atoms with Gasteiger partial charge in [0.1, 0.15) is 5.84 Å². The molecule has 13 heavy (non-hydrogen) atoms. The number of ether oxygens (including phenoxy) is 1. The zero-order valence-corrected chi connectivity index (χ0v) is 7.70. The van der Waals surface area contributed by atoms with Gasteiger partial charge in [0, 0.05) is 24.7 Å². The molecular formula is C9H15N3O. The van der Waals surface area contributed by atoms with Crippen LogP contribution in [0.15, 0.2) is 10.2 Å². The molecule has 1 unspecified atom stereocenters. The predicted octanol–water partition coefficient (Wildman–Crippen LogP) is 0.920. The molecule has 0 saturated carbocycles. The third kappa shape index (κ3) is 2.06. The highest BCUT2D eigenvalue weighted by atomic mass is 16.5. The largest absolute Gasteiger partial charge is 0.386 e. The van der Waals surface area contributed by atoms with Gasteiger partial charge in [0.05, 0.1) is 6.61 Å². The summed E-state index contributed by atoms with van der Waals surface area (Å²) in [5, 5.41) is 8.05. The monoisotopic (exact) mass is 181 g/mol. The van der Waals surface area contributed by atoms with Crippen LogP contribution in [0.2, 0.25) is 0 Å². The van der Waals surface area contributed by atoms with Crippen LogP contribution in [0.5, 0.6) is 0 Å². The highest BCUT2D eigenvalue weighted by Crippen LogP contribution is 2.19. The van der Waals surface area contributed by atoms with Gasteiger partial charge in [-0.1, -0.05) is 0 Å². The molecule has 1 atom stereocenters. The lowest BCUT2D eigenvalue weighted by Gasteiger charge is -2.24. The molecular weight excluding hydrogens is 166 g/mol. The van der Waals surface area contributed by atoms with E-state index in [9.17, 15) is 0 Å². The van der Waals surface area contributed by atoms with E-state index in [1.807, 2.05) is 0 Å².